The highest BCUT2D eigenvalue weighted by atomic mass is 16.5. The summed E-state index contributed by atoms with van der Waals surface area (Å²) in [6.45, 7) is 5.44. The van der Waals surface area contributed by atoms with Gasteiger partial charge in [0.2, 0.25) is 0 Å². The number of hydrogen-bond donors (Lipinski definition) is 5. The molecule has 9 nitrogen and oxygen atoms in total. The van der Waals surface area contributed by atoms with Gasteiger partial charge in [0.15, 0.2) is 11.5 Å². The zero-order valence-electron chi connectivity index (χ0n) is 19.7. The van der Waals surface area contributed by atoms with Crippen molar-refractivity contribution >= 4 is 29.1 Å². The molecule has 178 valence electrons. The van der Waals surface area contributed by atoms with Crippen molar-refractivity contribution in [2.45, 2.75) is 32.4 Å². The minimum absolute atomic E-state index is 0.104. The van der Waals surface area contributed by atoms with E-state index in [0.717, 1.165) is 18.9 Å². The lowest BCUT2D eigenvalue weighted by Crippen LogP contribution is -2.67. The van der Waals surface area contributed by atoms with Crippen molar-refractivity contribution in [2.24, 2.45) is 0 Å². The Labute approximate surface area is 199 Å². The third-order valence-electron chi connectivity index (χ3n) is 6.40. The Balaban J connectivity index is 1.55. The molecular weight excluding hydrogens is 430 g/mol. The molecule has 2 aromatic rings. The molecule has 2 unspecified atom stereocenters. The van der Waals surface area contributed by atoms with Crippen LogP contribution in [0.1, 0.15) is 31.4 Å². The molecule has 3 saturated heterocycles. The van der Waals surface area contributed by atoms with Crippen LogP contribution in [-0.2, 0) is 0 Å². The molecule has 0 aliphatic carbocycles. The predicted molar refractivity (Wildman–Crippen MR) is 135 cm³/mol. The summed E-state index contributed by atoms with van der Waals surface area (Å²) in [5.74, 6) is 1.77. The van der Waals surface area contributed by atoms with Crippen molar-refractivity contribution in [1.29, 1.82) is 16.2 Å². The van der Waals surface area contributed by atoms with Crippen molar-refractivity contribution in [3.05, 3.63) is 52.7 Å². The number of rotatable bonds is 9. The largest absolute Gasteiger partial charge is 0.493 e. The van der Waals surface area contributed by atoms with E-state index in [1.807, 2.05) is 12.1 Å². The van der Waals surface area contributed by atoms with E-state index < -0.39 is 0 Å². The quantitative estimate of drug-likeness (QED) is 0.287. The van der Waals surface area contributed by atoms with Gasteiger partial charge in [-0.05, 0) is 44.0 Å². The summed E-state index contributed by atoms with van der Waals surface area (Å²) in [4.78, 5) is 6.89. The van der Waals surface area contributed by atoms with Gasteiger partial charge in [0.25, 0.3) is 0 Å². The number of nitrogen functional groups attached to an aromatic ring is 1. The zero-order chi connectivity index (χ0) is 24.4. The number of fused-ring (bicyclic) bond motifs is 2. The summed E-state index contributed by atoms with van der Waals surface area (Å²) < 4.78 is 11.4. The monoisotopic (exact) mass is 461 g/mol. The smallest absolute Gasteiger partial charge is 0.162 e. The number of nitrogens with zero attached hydrogens (tertiary/aromatic N) is 2. The number of nitrogens with two attached hydrogens (primary N) is 1. The van der Waals surface area contributed by atoms with Crippen LogP contribution in [0.15, 0.2) is 41.6 Å². The number of anilines is 2. The lowest BCUT2D eigenvalue weighted by Gasteiger charge is -2.48. The molecule has 6 N–H and O–H groups in total. The van der Waals surface area contributed by atoms with Gasteiger partial charge in [-0.1, -0.05) is 0 Å². The number of ether oxygens (including phenoxy) is 2. The minimum atomic E-state index is 0.104. The molecule has 4 heterocycles. The van der Waals surface area contributed by atoms with E-state index in [4.69, 9.17) is 31.4 Å². The second-order valence-corrected chi connectivity index (χ2v) is 8.79. The zero-order valence-corrected chi connectivity index (χ0v) is 19.7. The lowest BCUT2D eigenvalue weighted by atomic mass is 9.91. The van der Waals surface area contributed by atoms with E-state index in [1.165, 1.54) is 19.7 Å². The fourth-order valence-electron chi connectivity index (χ4n) is 4.40. The fraction of sp³-hybridized carbons (Fsp3) is 0.360. The van der Waals surface area contributed by atoms with Crippen molar-refractivity contribution in [2.75, 3.05) is 37.4 Å². The summed E-state index contributed by atoms with van der Waals surface area (Å²) in [6.07, 6.45) is 4.15. The number of nitrogens with one attached hydrogen (secondary N) is 4. The first-order chi connectivity index (χ1) is 16.3. The van der Waals surface area contributed by atoms with Crippen LogP contribution in [0.25, 0.3) is 0 Å². The first-order valence-corrected chi connectivity index (χ1v) is 11.2. The number of aromatic nitrogens is 1. The van der Waals surface area contributed by atoms with Crippen LogP contribution in [-0.4, -0.2) is 61.5 Å². The number of benzene rings is 1. The summed E-state index contributed by atoms with van der Waals surface area (Å²) in [5.41, 5.74) is 9.67. The summed E-state index contributed by atoms with van der Waals surface area (Å²) in [7, 11) is 1.52. The van der Waals surface area contributed by atoms with Crippen LogP contribution in [0.2, 0.25) is 0 Å². The Bertz CT molecular complexity index is 1140. The molecule has 3 aliphatic rings. The maximum absolute atomic E-state index is 8.76. The fourth-order valence-corrected chi connectivity index (χ4v) is 4.40. The first kappa shape index (κ1) is 23.4. The number of allylic oxidation sites excluding steroid dienone is 1. The summed E-state index contributed by atoms with van der Waals surface area (Å²) >= 11 is 0. The van der Waals surface area contributed by atoms with Gasteiger partial charge in [-0.15, -0.1) is 0 Å². The maximum Gasteiger partial charge on any atom is 0.162 e. The molecule has 1 aromatic carbocycles. The van der Waals surface area contributed by atoms with Crippen LogP contribution < -0.4 is 25.4 Å². The molecule has 2 bridgehead atoms. The Morgan fingerprint density at radius 2 is 1.91 bits per heavy atom. The molecule has 2 atom stereocenters. The van der Waals surface area contributed by atoms with Gasteiger partial charge < -0.3 is 36.2 Å². The molecule has 0 spiro atoms. The van der Waals surface area contributed by atoms with Crippen molar-refractivity contribution < 1.29 is 9.47 Å². The average Bonchev–Trinajstić information content (AvgIpc) is 2.83. The molecular formula is C25H31N7O2. The second-order valence-electron chi connectivity index (χ2n) is 8.79. The van der Waals surface area contributed by atoms with E-state index in [-0.39, 0.29) is 12.3 Å². The Morgan fingerprint density at radius 1 is 1.21 bits per heavy atom. The van der Waals surface area contributed by atoms with E-state index in [9.17, 15) is 0 Å². The number of hydrogen-bond acceptors (Lipinski definition) is 9. The van der Waals surface area contributed by atoms with Gasteiger partial charge in [-0.2, -0.15) is 0 Å². The number of methoxy groups -OCH3 is 1. The topological polar surface area (TPSA) is 144 Å². The van der Waals surface area contributed by atoms with Gasteiger partial charge in [-0.25, -0.2) is 4.98 Å². The first-order valence-electron chi connectivity index (χ1n) is 11.2. The van der Waals surface area contributed by atoms with E-state index >= 15 is 0 Å². The number of piperidine rings is 1. The second kappa shape index (κ2) is 9.64. The van der Waals surface area contributed by atoms with Crippen LogP contribution in [0.5, 0.6) is 11.5 Å². The molecule has 1 aromatic heterocycles. The molecule has 34 heavy (non-hydrogen) atoms. The van der Waals surface area contributed by atoms with E-state index in [0.29, 0.717) is 57.3 Å². The average molecular weight is 462 g/mol. The van der Waals surface area contributed by atoms with Gasteiger partial charge in [0.1, 0.15) is 12.4 Å². The van der Waals surface area contributed by atoms with Crippen molar-refractivity contribution in [3.63, 3.8) is 0 Å². The highest BCUT2D eigenvalue weighted by Gasteiger charge is 2.36. The van der Waals surface area contributed by atoms with Crippen LogP contribution in [0.3, 0.4) is 0 Å². The maximum atomic E-state index is 8.76. The van der Waals surface area contributed by atoms with Crippen LogP contribution in [0, 0.1) is 16.2 Å². The van der Waals surface area contributed by atoms with E-state index in [1.54, 1.807) is 32.2 Å². The van der Waals surface area contributed by atoms with Gasteiger partial charge in [0, 0.05) is 71.8 Å². The van der Waals surface area contributed by atoms with Gasteiger partial charge in [-0.3, -0.25) is 5.41 Å². The molecule has 0 saturated carbocycles. The minimum Gasteiger partial charge on any atom is -0.493 e. The summed E-state index contributed by atoms with van der Waals surface area (Å²) in [6, 6.07) is 8.27. The third-order valence-corrected chi connectivity index (χ3v) is 6.40. The van der Waals surface area contributed by atoms with Crippen LogP contribution >= 0.6 is 0 Å². The molecule has 0 radical (unpaired) electrons. The Hall–Kier alpha value is -3.72. The molecule has 5 rings (SSSR count). The Morgan fingerprint density at radius 3 is 2.47 bits per heavy atom. The predicted octanol–water partition coefficient (Wildman–Crippen LogP) is 3.02. The van der Waals surface area contributed by atoms with Gasteiger partial charge >= 0.3 is 0 Å². The highest BCUT2D eigenvalue weighted by molar-refractivity contribution is 6.14. The molecule has 3 aliphatic heterocycles. The number of pyridine rings is 1. The standard InChI is InChI=1S/C25H31N7O2/c1-14(9-26)20(15(2)27)13-34-23-7-19(21(28)8-22(23)33-3)25(29)16-4-5-24(30-10-16)32-11-17-6-18(12-32)31-17/h4-5,7-10,17-18,26-27,29,31H,6,11-13,28H2,1-3H3/b20-14-,26-9?,27-15?,29-25?. The number of piperazine rings is 1. The Kier molecular flexibility index (Phi) is 6.65. The van der Waals surface area contributed by atoms with E-state index in [2.05, 4.69) is 15.2 Å². The highest BCUT2D eigenvalue weighted by Crippen LogP contribution is 2.34. The molecule has 3 fully saturated rings. The SMILES string of the molecule is COc1cc(N)c(C(=N)c2ccc(N3CC4CC(C3)N4)nc2)cc1OC/C(C(C)=N)=C(\C)C=N. The van der Waals surface area contributed by atoms with Crippen molar-refractivity contribution in [1.82, 2.24) is 10.3 Å². The summed E-state index contributed by atoms with van der Waals surface area (Å²) in [5, 5.41) is 27.7. The molecule has 9 heteroatoms. The third kappa shape index (κ3) is 4.65. The van der Waals surface area contributed by atoms with Crippen LogP contribution in [0.4, 0.5) is 11.5 Å². The lowest BCUT2D eigenvalue weighted by molar-refractivity contribution is 0.225. The normalized spacial score (nSPS) is 19.6. The van der Waals surface area contributed by atoms with Gasteiger partial charge in [0.05, 0.1) is 12.8 Å². The molecule has 0 amide bonds. The van der Waals surface area contributed by atoms with Crippen molar-refractivity contribution in [3.8, 4) is 11.5 Å².